The second-order valence-electron chi connectivity index (χ2n) is 5.03. The van der Waals surface area contributed by atoms with Crippen LogP contribution in [0, 0.1) is 13.8 Å². The highest BCUT2D eigenvalue weighted by Crippen LogP contribution is 2.33. The molecule has 0 spiro atoms. The van der Waals surface area contributed by atoms with E-state index in [-0.39, 0.29) is 5.88 Å². The van der Waals surface area contributed by atoms with E-state index in [0.29, 0.717) is 10.7 Å². The van der Waals surface area contributed by atoms with Crippen LogP contribution >= 0.6 is 11.3 Å². The minimum absolute atomic E-state index is 0.224. The molecule has 0 aliphatic carbocycles. The van der Waals surface area contributed by atoms with Crippen molar-refractivity contribution in [2.24, 2.45) is 7.05 Å². The highest BCUT2D eigenvalue weighted by Gasteiger charge is 2.16. The van der Waals surface area contributed by atoms with Gasteiger partial charge in [-0.1, -0.05) is 11.3 Å². The molecule has 24 heavy (non-hydrogen) atoms. The smallest absolute Gasteiger partial charge is 0.388 e. The molecule has 3 heterocycles. The van der Waals surface area contributed by atoms with E-state index < -0.39 is 6.09 Å². The van der Waals surface area contributed by atoms with Crippen LogP contribution in [0.3, 0.4) is 0 Å². The number of amides is 1. The summed E-state index contributed by atoms with van der Waals surface area (Å²) in [5.74, 6) is 0.996. The third-order valence-electron chi connectivity index (χ3n) is 3.10. The van der Waals surface area contributed by atoms with E-state index in [4.69, 9.17) is 4.74 Å². The molecular formula is C15H16N6O2S. The Morgan fingerprint density at radius 2 is 2.12 bits per heavy atom. The molecule has 9 heteroatoms. The zero-order chi connectivity index (χ0) is 17.1. The number of nitrogens with zero attached hydrogens (tertiary/aromatic N) is 4. The van der Waals surface area contributed by atoms with Gasteiger partial charge in [-0.25, -0.2) is 9.78 Å². The average molecular weight is 344 g/mol. The lowest BCUT2D eigenvalue weighted by Crippen LogP contribution is -2.17. The van der Waals surface area contributed by atoms with Crippen molar-refractivity contribution in [2.75, 3.05) is 10.6 Å². The molecule has 3 rings (SSSR count). The third kappa shape index (κ3) is 3.69. The SMILES string of the molecule is Cc1cc(NC(=O)Oc2nc(C)sc2Nc2ccnn2C)ccn1. The lowest BCUT2D eigenvalue weighted by molar-refractivity contribution is 0.214. The molecule has 0 saturated carbocycles. The topological polar surface area (TPSA) is 94.0 Å². The van der Waals surface area contributed by atoms with Gasteiger partial charge in [0.15, 0.2) is 5.00 Å². The van der Waals surface area contributed by atoms with Gasteiger partial charge in [-0.2, -0.15) is 5.10 Å². The Morgan fingerprint density at radius 1 is 1.29 bits per heavy atom. The minimum atomic E-state index is -0.612. The van der Waals surface area contributed by atoms with Crippen LogP contribution in [0.4, 0.5) is 21.3 Å². The molecule has 124 valence electrons. The van der Waals surface area contributed by atoms with Gasteiger partial charge in [0.1, 0.15) is 5.82 Å². The molecule has 0 radical (unpaired) electrons. The number of hydrogen-bond acceptors (Lipinski definition) is 7. The number of carbonyl (C=O) groups excluding carboxylic acids is 1. The number of anilines is 3. The summed E-state index contributed by atoms with van der Waals surface area (Å²) < 4.78 is 7.01. The third-order valence-corrected chi connectivity index (χ3v) is 3.97. The molecule has 2 N–H and O–H groups in total. The second kappa shape index (κ2) is 6.67. The summed E-state index contributed by atoms with van der Waals surface area (Å²) in [4.78, 5) is 20.4. The number of hydrogen-bond donors (Lipinski definition) is 2. The van der Waals surface area contributed by atoms with Crippen molar-refractivity contribution >= 4 is 33.9 Å². The van der Waals surface area contributed by atoms with Crippen molar-refractivity contribution in [1.29, 1.82) is 0 Å². The van der Waals surface area contributed by atoms with Crippen LogP contribution in [0.2, 0.25) is 0 Å². The summed E-state index contributed by atoms with van der Waals surface area (Å²) in [7, 11) is 1.81. The zero-order valence-electron chi connectivity index (χ0n) is 13.4. The summed E-state index contributed by atoms with van der Waals surface area (Å²) in [5, 5.41) is 11.3. The van der Waals surface area contributed by atoms with Gasteiger partial charge in [-0.3, -0.25) is 15.0 Å². The van der Waals surface area contributed by atoms with E-state index in [1.165, 1.54) is 11.3 Å². The maximum atomic E-state index is 12.1. The molecule has 3 aromatic rings. The van der Waals surface area contributed by atoms with Crippen molar-refractivity contribution in [3.63, 3.8) is 0 Å². The predicted octanol–water partition coefficient (Wildman–Crippen LogP) is 3.24. The monoisotopic (exact) mass is 344 g/mol. The highest BCUT2D eigenvalue weighted by atomic mass is 32.1. The minimum Gasteiger partial charge on any atom is -0.388 e. The molecule has 0 aliphatic rings. The molecule has 1 amide bonds. The largest absolute Gasteiger partial charge is 0.418 e. The Bertz CT molecular complexity index is 872. The molecule has 0 aliphatic heterocycles. The van der Waals surface area contributed by atoms with Gasteiger partial charge >= 0.3 is 6.09 Å². The van der Waals surface area contributed by atoms with Crippen LogP contribution in [0.15, 0.2) is 30.6 Å². The van der Waals surface area contributed by atoms with Crippen LogP contribution in [-0.2, 0) is 7.05 Å². The number of carbonyl (C=O) groups is 1. The Hall–Kier alpha value is -2.94. The Labute approximate surface area is 142 Å². The molecule has 0 fully saturated rings. The normalized spacial score (nSPS) is 10.5. The summed E-state index contributed by atoms with van der Waals surface area (Å²) in [5.41, 5.74) is 1.41. The van der Waals surface area contributed by atoms with Gasteiger partial charge in [-0.15, -0.1) is 0 Å². The fraction of sp³-hybridized carbons (Fsp3) is 0.200. The maximum absolute atomic E-state index is 12.1. The van der Waals surface area contributed by atoms with Gasteiger partial charge in [0.2, 0.25) is 0 Å². The molecule has 0 bridgehead atoms. The van der Waals surface area contributed by atoms with E-state index in [1.54, 1.807) is 29.2 Å². The van der Waals surface area contributed by atoms with Gasteiger partial charge in [0.25, 0.3) is 5.88 Å². The first-order chi connectivity index (χ1) is 11.5. The van der Waals surface area contributed by atoms with Crippen LogP contribution < -0.4 is 15.4 Å². The van der Waals surface area contributed by atoms with E-state index in [0.717, 1.165) is 16.5 Å². The van der Waals surface area contributed by atoms with Crippen molar-refractivity contribution in [1.82, 2.24) is 19.7 Å². The Kier molecular flexibility index (Phi) is 4.43. The van der Waals surface area contributed by atoms with Crippen molar-refractivity contribution in [3.05, 3.63) is 41.3 Å². The Morgan fingerprint density at radius 3 is 2.83 bits per heavy atom. The van der Waals surface area contributed by atoms with Crippen LogP contribution in [0.5, 0.6) is 5.88 Å². The molecule has 0 saturated heterocycles. The van der Waals surface area contributed by atoms with Crippen LogP contribution in [0.1, 0.15) is 10.7 Å². The number of ether oxygens (including phenoxy) is 1. The number of thiazole rings is 1. The molecule has 0 atom stereocenters. The standard InChI is InChI=1S/C15H16N6O2S/c1-9-8-11(4-6-16-9)19-15(22)23-13-14(24-10(2)18-13)20-12-5-7-17-21(12)3/h4-8,20H,1-3H3,(H,16,19,22). The van der Waals surface area contributed by atoms with Crippen LogP contribution in [-0.4, -0.2) is 25.8 Å². The number of pyridine rings is 1. The first-order valence-electron chi connectivity index (χ1n) is 7.15. The highest BCUT2D eigenvalue weighted by molar-refractivity contribution is 7.16. The van der Waals surface area contributed by atoms with E-state index >= 15 is 0 Å². The summed E-state index contributed by atoms with van der Waals surface area (Å²) >= 11 is 1.39. The van der Waals surface area contributed by atoms with E-state index in [2.05, 4.69) is 25.7 Å². The van der Waals surface area contributed by atoms with Crippen molar-refractivity contribution < 1.29 is 9.53 Å². The van der Waals surface area contributed by atoms with E-state index in [1.807, 2.05) is 27.0 Å². The summed E-state index contributed by atoms with van der Waals surface area (Å²) in [6.07, 6.45) is 2.68. The first-order valence-corrected chi connectivity index (χ1v) is 7.97. The van der Waals surface area contributed by atoms with Crippen molar-refractivity contribution in [2.45, 2.75) is 13.8 Å². The number of rotatable bonds is 4. The average Bonchev–Trinajstić information content (AvgIpc) is 3.06. The molecule has 8 nitrogen and oxygen atoms in total. The molecule has 3 aromatic heterocycles. The van der Waals surface area contributed by atoms with E-state index in [9.17, 15) is 4.79 Å². The number of aromatic nitrogens is 4. The lowest BCUT2D eigenvalue weighted by atomic mass is 10.3. The fourth-order valence-electron chi connectivity index (χ4n) is 2.02. The number of aryl methyl sites for hydroxylation is 3. The molecule has 0 unspecified atom stereocenters. The Balaban J connectivity index is 1.73. The van der Waals surface area contributed by atoms with Crippen LogP contribution in [0.25, 0.3) is 0 Å². The van der Waals surface area contributed by atoms with Gasteiger partial charge in [-0.05, 0) is 26.0 Å². The maximum Gasteiger partial charge on any atom is 0.418 e. The molecular weight excluding hydrogens is 328 g/mol. The van der Waals surface area contributed by atoms with Crippen molar-refractivity contribution in [3.8, 4) is 5.88 Å². The first kappa shape index (κ1) is 15.9. The second-order valence-corrected chi connectivity index (χ2v) is 6.24. The predicted molar refractivity (Wildman–Crippen MR) is 92.0 cm³/mol. The van der Waals surface area contributed by atoms with Gasteiger partial charge in [0, 0.05) is 30.7 Å². The summed E-state index contributed by atoms with van der Waals surface area (Å²) in [6.45, 7) is 3.69. The lowest BCUT2D eigenvalue weighted by Gasteiger charge is -2.08. The number of nitrogens with one attached hydrogen (secondary N) is 2. The zero-order valence-corrected chi connectivity index (χ0v) is 14.2. The van der Waals surface area contributed by atoms with Gasteiger partial charge < -0.3 is 10.1 Å². The van der Waals surface area contributed by atoms with Gasteiger partial charge in [0.05, 0.1) is 11.2 Å². The quantitative estimate of drug-likeness (QED) is 0.754. The summed E-state index contributed by atoms with van der Waals surface area (Å²) in [6, 6.07) is 5.26. The fourth-order valence-corrected chi connectivity index (χ4v) is 2.78. The molecule has 0 aromatic carbocycles.